The Morgan fingerprint density at radius 3 is 2.89 bits per heavy atom. The van der Waals surface area contributed by atoms with Crippen molar-refractivity contribution >= 4 is 38.2 Å². The Bertz CT molecular complexity index is 1170. The third-order valence-corrected chi connectivity index (χ3v) is 6.65. The normalized spacial score (nSPS) is 20.0. The minimum absolute atomic E-state index is 0.0858. The number of rotatable bonds is 2. The molecule has 0 amide bonds. The molecule has 3 heterocycles. The highest BCUT2D eigenvalue weighted by atomic mass is 35.5. The van der Waals surface area contributed by atoms with Crippen molar-refractivity contribution in [1.82, 2.24) is 10.3 Å². The molecule has 1 atom stereocenters. The van der Waals surface area contributed by atoms with Crippen molar-refractivity contribution in [2.24, 2.45) is 0 Å². The first kappa shape index (κ1) is 16.8. The lowest BCUT2D eigenvalue weighted by Crippen LogP contribution is -2.21. The molecule has 6 nitrogen and oxygen atoms in total. The summed E-state index contributed by atoms with van der Waals surface area (Å²) in [5.74, 6) is 0.641. The van der Waals surface area contributed by atoms with Gasteiger partial charge in [-0.2, -0.15) is 0 Å². The molecule has 5 rings (SSSR count). The number of ether oxygens (including phenoxy) is 1. The fourth-order valence-electron chi connectivity index (χ4n) is 3.65. The van der Waals surface area contributed by atoms with Crippen molar-refractivity contribution in [2.75, 3.05) is 17.8 Å². The molecule has 0 spiro atoms. The van der Waals surface area contributed by atoms with E-state index in [0.29, 0.717) is 38.5 Å². The van der Waals surface area contributed by atoms with Gasteiger partial charge in [-0.05, 0) is 49.4 Å². The molecular weight excluding hydrogens is 386 g/mol. The number of hydrogen-bond donors (Lipinski definition) is 2. The smallest absolute Gasteiger partial charge is 0.262 e. The number of halogens is 1. The zero-order valence-corrected chi connectivity index (χ0v) is 15.8. The summed E-state index contributed by atoms with van der Waals surface area (Å²) in [5, 5.41) is 4.48. The summed E-state index contributed by atoms with van der Waals surface area (Å²) in [5.41, 5.74) is 2.25. The van der Waals surface area contributed by atoms with E-state index in [9.17, 15) is 8.42 Å². The first-order valence-corrected chi connectivity index (χ1v) is 10.5. The lowest BCUT2D eigenvalue weighted by molar-refractivity contribution is 0.223. The number of sulfonamides is 1. The van der Waals surface area contributed by atoms with Crippen LogP contribution in [0, 0.1) is 0 Å². The SMILES string of the molecule is O=S1(=O)Nc2c(cc(Cl)c3cccnc23)-c2cc(OC3CCNC3)ccc21. The molecule has 2 aliphatic heterocycles. The Morgan fingerprint density at radius 2 is 2.07 bits per heavy atom. The highest BCUT2D eigenvalue weighted by Crippen LogP contribution is 2.45. The van der Waals surface area contributed by atoms with Gasteiger partial charge in [0, 0.05) is 29.3 Å². The maximum absolute atomic E-state index is 12.8. The van der Waals surface area contributed by atoms with Crippen LogP contribution >= 0.6 is 11.6 Å². The van der Waals surface area contributed by atoms with Crippen LogP contribution in [0.15, 0.2) is 47.5 Å². The van der Waals surface area contributed by atoms with Gasteiger partial charge in [-0.1, -0.05) is 11.6 Å². The Morgan fingerprint density at radius 1 is 1.19 bits per heavy atom. The number of nitrogens with zero attached hydrogens (tertiary/aromatic N) is 1. The summed E-state index contributed by atoms with van der Waals surface area (Å²) >= 11 is 6.45. The van der Waals surface area contributed by atoms with Gasteiger partial charge in [-0.25, -0.2) is 8.42 Å². The van der Waals surface area contributed by atoms with Gasteiger partial charge in [-0.3, -0.25) is 9.71 Å². The van der Waals surface area contributed by atoms with Gasteiger partial charge < -0.3 is 10.1 Å². The lowest BCUT2D eigenvalue weighted by atomic mass is 10.0. The van der Waals surface area contributed by atoms with E-state index < -0.39 is 10.0 Å². The zero-order chi connectivity index (χ0) is 18.6. The molecule has 0 saturated carbocycles. The fourth-order valence-corrected chi connectivity index (χ4v) is 5.21. The Balaban J connectivity index is 1.72. The highest BCUT2D eigenvalue weighted by molar-refractivity contribution is 7.93. The Labute approximate surface area is 161 Å². The van der Waals surface area contributed by atoms with Gasteiger partial charge in [0.1, 0.15) is 11.9 Å². The van der Waals surface area contributed by atoms with Crippen molar-refractivity contribution in [1.29, 1.82) is 0 Å². The standard InChI is InChI=1S/C19H16ClN3O3S/c20-16-9-15-14-8-11(26-12-5-7-21-10-12)3-4-17(14)27(24,25)23-19(15)18-13(16)2-1-6-22-18/h1-4,6,8-9,12,21,23H,5,7,10H2. The number of pyridine rings is 1. The largest absolute Gasteiger partial charge is 0.489 e. The maximum Gasteiger partial charge on any atom is 0.262 e. The zero-order valence-electron chi connectivity index (χ0n) is 14.2. The van der Waals surface area contributed by atoms with E-state index in [-0.39, 0.29) is 11.0 Å². The molecule has 1 unspecified atom stereocenters. The van der Waals surface area contributed by atoms with Gasteiger partial charge in [0.25, 0.3) is 10.0 Å². The second kappa shape index (κ2) is 6.09. The van der Waals surface area contributed by atoms with Crippen molar-refractivity contribution in [3.63, 3.8) is 0 Å². The number of anilines is 1. The summed E-state index contributed by atoms with van der Waals surface area (Å²) in [6.07, 6.45) is 2.63. The third kappa shape index (κ3) is 2.74. The summed E-state index contributed by atoms with van der Waals surface area (Å²) in [6.45, 7) is 1.71. The molecule has 0 radical (unpaired) electrons. The predicted molar refractivity (Wildman–Crippen MR) is 105 cm³/mol. The predicted octanol–water partition coefficient (Wildman–Crippen LogP) is 3.41. The number of benzene rings is 2. The van der Waals surface area contributed by atoms with Crippen LogP contribution in [0.25, 0.3) is 22.0 Å². The number of nitrogens with one attached hydrogen (secondary N) is 2. The van der Waals surface area contributed by atoms with Gasteiger partial charge in [0.15, 0.2) is 0 Å². The molecule has 138 valence electrons. The first-order valence-electron chi connectivity index (χ1n) is 8.65. The third-order valence-electron chi connectivity index (χ3n) is 4.93. The van der Waals surface area contributed by atoms with Crippen LogP contribution in [0.1, 0.15) is 6.42 Å². The Kier molecular flexibility index (Phi) is 3.79. The molecule has 1 aromatic heterocycles. The van der Waals surface area contributed by atoms with Crippen LogP contribution < -0.4 is 14.8 Å². The summed E-state index contributed by atoms with van der Waals surface area (Å²) in [7, 11) is -3.70. The van der Waals surface area contributed by atoms with Crippen LogP contribution in [0.3, 0.4) is 0 Å². The van der Waals surface area contributed by atoms with E-state index in [4.69, 9.17) is 16.3 Å². The van der Waals surface area contributed by atoms with Crippen LogP contribution in [0.2, 0.25) is 5.02 Å². The van der Waals surface area contributed by atoms with Crippen molar-refractivity contribution in [2.45, 2.75) is 17.4 Å². The number of hydrogen-bond acceptors (Lipinski definition) is 5. The molecule has 1 fully saturated rings. The summed E-state index contributed by atoms with van der Waals surface area (Å²) < 4.78 is 34.3. The van der Waals surface area contributed by atoms with E-state index in [1.807, 2.05) is 6.07 Å². The molecule has 3 aromatic rings. The molecular formula is C19H16ClN3O3S. The van der Waals surface area contributed by atoms with E-state index >= 15 is 0 Å². The summed E-state index contributed by atoms with van der Waals surface area (Å²) in [4.78, 5) is 4.56. The van der Waals surface area contributed by atoms with E-state index in [2.05, 4.69) is 15.0 Å². The molecule has 0 bridgehead atoms. The van der Waals surface area contributed by atoms with Crippen LogP contribution in [-0.4, -0.2) is 32.6 Å². The lowest BCUT2D eigenvalue weighted by Gasteiger charge is -2.24. The average Bonchev–Trinajstić information content (AvgIpc) is 3.16. The van der Waals surface area contributed by atoms with Crippen molar-refractivity contribution in [3.05, 3.63) is 47.6 Å². The van der Waals surface area contributed by atoms with Gasteiger partial charge >= 0.3 is 0 Å². The van der Waals surface area contributed by atoms with Crippen LogP contribution in [-0.2, 0) is 10.0 Å². The van der Waals surface area contributed by atoms with Gasteiger partial charge in [0.2, 0.25) is 0 Å². The number of fused-ring (bicyclic) bond motifs is 5. The van der Waals surface area contributed by atoms with Crippen molar-refractivity contribution in [3.8, 4) is 16.9 Å². The summed E-state index contributed by atoms with van der Waals surface area (Å²) in [6, 6.07) is 10.4. The monoisotopic (exact) mass is 401 g/mol. The van der Waals surface area contributed by atoms with Crippen molar-refractivity contribution < 1.29 is 13.2 Å². The average molecular weight is 402 g/mol. The van der Waals surface area contributed by atoms with Crippen LogP contribution in [0.5, 0.6) is 5.75 Å². The molecule has 0 aliphatic carbocycles. The van der Waals surface area contributed by atoms with E-state index in [1.54, 1.807) is 36.5 Å². The highest BCUT2D eigenvalue weighted by Gasteiger charge is 2.30. The molecule has 27 heavy (non-hydrogen) atoms. The minimum atomic E-state index is -3.70. The molecule has 2 N–H and O–H groups in total. The second-order valence-electron chi connectivity index (χ2n) is 6.68. The van der Waals surface area contributed by atoms with Gasteiger partial charge in [0.05, 0.1) is 21.1 Å². The second-order valence-corrected chi connectivity index (χ2v) is 8.73. The molecule has 1 saturated heterocycles. The van der Waals surface area contributed by atoms with E-state index in [1.165, 1.54) is 0 Å². The number of aromatic nitrogens is 1. The van der Waals surface area contributed by atoms with Gasteiger partial charge in [-0.15, -0.1) is 0 Å². The topological polar surface area (TPSA) is 80.3 Å². The molecule has 2 aliphatic rings. The fraction of sp³-hybridized carbons (Fsp3) is 0.211. The van der Waals surface area contributed by atoms with E-state index in [0.717, 1.165) is 19.5 Å². The Hall–Kier alpha value is -2.35. The first-order chi connectivity index (χ1) is 13.0. The molecule has 2 aromatic carbocycles. The quantitative estimate of drug-likeness (QED) is 0.687. The minimum Gasteiger partial charge on any atom is -0.489 e. The maximum atomic E-state index is 12.8. The van der Waals surface area contributed by atoms with Crippen LogP contribution in [0.4, 0.5) is 5.69 Å². The molecule has 8 heteroatoms.